The van der Waals surface area contributed by atoms with Crippen LogP contribution in [0.3, 0.4) is 0 Å². The second kappa shape index (κ2) is 9.62. The molecule has 0 radical (unpaired) electrons. The summed E-state index contributed by atoms with van der Waals surface area (Å²) in [6, 6.07) is 12.2. The van der Waals surface area contributed by atoms with E-state index in [1.54, 1.807) is 0 Å². The van der Waals surface area contributed by atoms with Crippen molar-refractivity contribution in [2.75, 3.05) is 25.1 Å². The average Bonchev–Trinajstić information content (AvgIpc) is 3.06. The summed E-state index contributed by atoms with van der Waals surface area (Å²) in [7, 11) is 0. The molecule has 3 rings (SSSR count). The maximum Gasteiger partial charge on any atom is 0.419 e. The number of ether oxygens (including phenoxy) is 2. The maximum absolute atomic E-state index is 13.1. The highest BCUT2D eigenvalue weighted by Gasteiger charge is 2.34. The van der Waals surface area contributed by atoms with Gasteiger partial charge in [-0.25, -0.2) is 4.98 Å². The third kappa shape index (κ3) is 5.29. The number of nitrogens with zero attached hydrogens (tertiary/aromatic N) is 2. The number of hydrogen-bond acceptors (Lipinski definition) is 4. The van der Waals surface area contributed by atoms with Crippen LogP contribution in [0, 0.1) is 0 Å². The lowest BCUT2D eigenvalue weighted by atomic mass is 10.2. The summed E-state index contributed by atoms with van der Waals surface area (Å²) in [4.78, 5) is 16.8. The molecule has 0 spiro atoms. The number of hydrogen-bond donors (Lipinski definition) is 1. The predicted octanol–water partition coefficient (Wildman–Crippen LogP) is 4.50. The Labute approximate surface area is 171 Å². The first kappa shape index (κ1) is 21.6. The zero-order chi connectivity index (χ0) is 21.6. The number of imidazole rings is 1. The Bertz CT molecular complexity index is 1000. The first-order chi connectivity index (χ1) is 14.4. The monoisotopic (exact) mass is 421 g/mol. The summed E-state index contributed by atoms with van der Waals surface area (Å²) < 4.78 is 51.5. The van der Waals surface area contributed by atoms with E-state index < -0.39 is 30.0 Å². The number of para-hydroxylation sites is 3. The Hall–Kier alpha value is -3.07. The van der Waals surface area contributed by atoms with E-state index in [0.717, 1.165) is 11.6 Å². The quantitative estimate of drug-likeness (QED) is 0.517. The molecule has 0 fully saturated rings. The molecule has 2 aromatic carbocycles. The van der Waals surface area contributed by atoms with Gasteiger partial charge >= 0.3 is 6.18 Å². The fraction of sp³-hybridized carbons (Fsp3) is 0.333. The largest absolute Gasteiger partial charge is 0.483 e. The molecular formula is C21H22F3N3O3. The van der Waals surface area contributed by atoms with Gasteiger partial charge in [-0.1, -0.05) is 24.3 Å². The lowest BCUT2D eigenvalue weighted by Gasteiger charge is -2.14. The van der Waals surface area contributed by atoms with Crippen LogP contribution in [0.15, 0.2) is 48.5 Å². The smallest absolute Gasteiger partial charge is 0.419 e. The zero-order valence-corrected chi connectivity index (χ0v) is 16.4. The third-order valence-electron chi connectivity index (χ3n) is 4.33. The SMILES string of the molecule is CCOCCCn1c(NC(=O)COc2ccccc2C(F)(F)F)nc2ccccc21. The molecule has 0 atom stereocenters. The van der Waals surface area contributed by atoms with Crippen LogP contribution >= 0.6 is 0 Å². The molecule has 0 unspecified atom stereocenters. The maximum atomic E-state index is 13.1. The molecule has 1 amide bonds. The lowest BCUT2D eigenvalue weighted by Crippen LogP contribution is -2.23. The first-order valence-electron chi connectivity index (χ1n) is 9.52. The van der Waals surface area contributed by atoms with E-state index in [4.69, 9.17) is 9.47 Å². The molecule has 0 saturated carbocycles. The number of carbonyl (C=O) groups is 1. The molecule has 0 bridgehead atoms. The summed E-state index contributed by atoms with van der Waals surface area (Å²) in [6.07, 6.45) is -3.85. The van der Waals surface area contributed by atoms with Crippen molar-refractivity contribution < 1.29 is 27.4 Å². The van der Waals surface area contributed by atoms with Gasteiger partial charge in [-0.3, -0.25) is 10.1 Å². The number of amides is 1. The molecule has 1 aromatic heterocycles. The van der Waals surface area contributed by atoms with E-state index in [1.807, 2.05) is 35.8 Å². The predicted molar refractivity (Wildman–Crippen MR) is 106 cm³/mol. The number of rotatable bonds is 9. The van der Waals surface area contributed by atoms with Crippen LogP contribution < -0.4 is 10.1 Å². The number of carbonyl (C=O) groups excluding carboxylic acids is 1. The van der Waals surface area contributed by atoms with Crippen LogP contribution in [-0.4, -0.2) is 35.3 Å². The molecule has 160 valence electrons. The summed E-state index contributed by atoms with van der Waals surface area (Å²) in [6.45, 7) is 3.08. The van der Waals surface area contributed by atoms with Crippen LogP contribution in [-0.2, 0) is 22.3 Å². The summed E-state index contributed by atoms with van der Waals surface area (Å²) in [5, 5.41) is 2.64. The second-order valence-corrected chi connectivity index (χ2v) is 6.46. The van der Waals surface area contributed by atoms with Crippen LogP contribution in [0.2, 0.25) is 0 Å². The van der Waals surface area contributed by atoms with Crippen molar-refractivity contribution in [2.45, 2.75) is 26.1 Å². The number of aromatic nitrogens is 2. The highest BCUT2D eigenvalue weighted by Crippen LogP contribution is 2.35. The minimum Gasteiger partial charge on any atom is -0.483 e. The van der Waals surface area contributed by atoms with Gasteiger partial charge in [0.2, 0.25) is 5.95 Å². The van der Waals surface area contributed by atoms with Crippen LogP contribution in [0.25, 0.3) is 11.0 Å². The van der Waals surface area contributed by atoms with Crippen molar-refractivity contribution in [1.82, 2.24) is 9.55 Å². The molecule has 6 nitrogen and oxygen atoms in total. The molecule has 0 aliphatic heterocycles. The Morgan fingerprint density at radius 1 is 1.13 bits per heavy atom. The number of nitrogens with one attached hydrogen (secondary N) is 1. The molecule has 3 aromatic rings. The minimum absolute atomic E-state index is 0.311. The van der Waals surface area contributed by atoms with E-state index >= 15 is 0 Å². The normalized spacial score (nSPS) is 11.6. The average molecular weight is 421 g/mol. The van der Waals surface area contributed by atoms with Gasteiger partial charge < -0.3 is 14.0 Å². The van der Waals surface area contributed by atoms with Gasteiger partial charge in [0, 0.05) is 19.8 Å². The fourth-order valence-electron chi connectivity index (χ4n) is 3.00. The molecule has 1 N–H and O–H groups in total. The third-order valence-corrected chi connectivity index (χ3v) is 4.33. The minimum atomic E-state index is -4.57. The fourth-order valence-corrected chi connectivity index (χ4v) is 3.00. The number of alkyl halides is 3. The summed E-state index contributed by atoms with van der Waals surface area (Å²) in [5.74, 6) is -0.691. The molecule has 1 heterocycles. The van der Waals surface area contributed by atoms with Gasteiger partial charge in [-0.15, -0.1) is 0 Å². The zero-order valence-electron chi connectivity index (χ0n) is 16.4. The van der Waals surface area contributed by atoms with E-state index in [0.29, 0.717) is 37.6 Å². The van der Waals surface area contributed by atoms with E-state index in [2.05, 4.69) is 10.3 Å². The Morgan fingerprint density at radius 2 is 1.87 bits per heavy atom. The number of benzene rings is 2. The standard InChI is InChI=1S/C21H22F3N3O3/c1-2-29-13-7-12-27-17-10-5-4-9-16(17)25-20(27)26-19(28)14-30-18-11-6-3-8-15(18)21(22,23)24/h3-6,8-11H,2,7,12-14H2,1H3,(H,25,26,28). The van der Waals surface area contributed by atoms with Crippen molar-refractivity contribution in [3.05, 3.63) is 54.1 Å². The topological polar surface area (TPSA) is 65.4 Å². The lowest BCUT2D eigenvalue weighted by molar-refractivity contribution is -0.139. The van der Waals surface area contributed by atoms with E-state index in [9.17, 15) is 18.0 Å². The second-order valence-electron chi connectivity index (χ2n) is 6.46. The highest BCUT2D eigenvalue weighted by molar-refractivity contribution is 5.92. The Kier molecular flexibility index (Phi) is 6.94. The van der Waals surface area contributed by atoms with Gasteiger partial charge in [0.05, 0.1) is 16.6 Å². The summed E-state index contributed by atoms with van der Waals surface area (Å²) in [5.41, 5.74) is 0.612. The van der Waals surface area contributed by atoms with E-state index in [1.165, 1.54) is 18.2 Å². The summed E-state index contributed by atoms with van der Waals surface area (Å²) >= 11 is 0. The Morgan fingerprint density at radius 3 is 2.63 bits per heavy atom. The molecule has 0 aliphatic carbocycles. The number of fused-ring (bicyclic) bond motifs is 1. The molecule has 30 heavy (non-hydrogen) atoms. The van der Waals surface area contributed by atoms with Gasteiger partial charge in [0.1, 0.15) is 5.75 Å². The van der Waals surface area contributed by atoms with Crippen LogP contribution in [0.1, 0.15) is 18.9 Å². The van der Waals surface area contributed by atoms with E-state index in [-0.39, 0.29) is 0 Å². The van der Waals surface area contributed by atoms with Crippen molar-refractivity contribution in [3.8, 4) is 5.75 Å². The van der Waals surface area contributed by atoms with Crippen LogP contribution in [0.4, 0.5) is 19.1 Å². The van der Waals surface area contributed by atoms with Crippen LogP contribution in [0.5, 0.6) is 5.75 Å². The van der Waals surface area contributed by atoms with Gasteiger partial charge in [-0.05, 0) is 37.6 Å². The molecule has 0 saturated heterocycles. The highest BCUT2D eigenvalue weighted by atomic mass is 19.4. The first-order valence-corrected chi connectivity index (χ1v) is 9.52. The number of halogens is 3. The molecule has 0 aliphatic rings. The Balaban J connectivity index is 1.71. The molecular weight excluding hydrogens is 399 g/mol. The van der Waals surface area contributed by atoms with Crippen molar-refractivity contribution >= 4 is 22.9 Å². The number of aryl methyl sites for hydroxylation is 1. The number of anilines is 1. The van der Waals surface area contributed by atoms with Gasteiger partial charge in [0.25, 0.3) is 5.91 Å². The van der Waals surface area contributed by atoms with Crippen molar-refractivity contribution in [1.29, 1.82) is 0 Å². The van der Waals surface area contributed by atoms with Crippen molar-refractivity contribution in [3.63, 3.8) is 0 Å². The van der Waals surface area contributed by atoms with Crippen molar-refractivity contribution in [2.24, 2.45) is 0 Å². The molecule has 9 heteroatoms. The van der Waals surface area contributed by atoms with Gasteiger partial charge in [0.15, 0.2) is 6.61 Å². The van der Waals surface area contributed by atoms with Gasteiger partial charge in [-0.2, -0.15) is 13.2 Å².